The minimum absolute atomic E-state index is 0.00138. The van der Waals surface area contributed by atoms with Crippen LogP contribution in [0.15, 0.2) is 54.6 Å². The summed E-state index contributed by atoms with van der Waals surface area (Å²) in [6.45, 7) is 3.35. The van der Waals surface area contributed by atoms with Gasteiger partial charge in [0, 0.05) is 30.6 Å². The second-order valence-corrected chi connectivity index (χ2v) is 7.47. The van der Waals surface area contributed by atoms with Crippen molar-refractivity contribution in [3.8, 4) is 11.3 Å². The number of amides is 1. The lowest BCUT2D eigenvalue weighted by molar-refractivity contribution is -0.120. The largest absolute Gasteiger partial charge is 0.355 e. The van der Waals surface area contributed by atoms with Gasteiger partial charge in [0.15, 0.2) is 5.82 Å². The van der Waals surface area contributed by atoms with Gasteiger partial charge in [0.2, 0.25) is 5.91 Å². The Kier molecular flexibility index (Phi) is 5.70. The quantitative estimate of drug-likeness (QED) is 0.686. The lowest BCUT2D eigenvalue weighted by Gasteiger charge is -2.31. The molecule has 1 aliphatic rings. The highest BCUT2D eigenvalue weighted by Gasteiger charge is 2.26. The Balaban J connectivity index is 1.36. The van der Waals surface area contributed by atoms with Crippen LogP contribution in [0, 0.1) is 24.5 Å². The molecule has 4 rings (SSSR count). The molecule has 30 heavy (non-hydrogen) atoms. The van der Waals surface area contributed by atoms with Gasteiger partial charge in [-0.1, -0.05) is 24.3 Å². The first-order valence-corrected chi connectivity index (χ1v) is 9.92. The number of benzene rings is 2. The van der Waals surface area contributed by atoms with E-state index in [0.29, 0.717) is 25.9 Å². The van der Waals surface area contributed by atoms with Gasteiger partial charge in [0.25, 0.3) is 0 Å². The van der Waals surface area contributed by atoms with Crippen LogP contribution in [-0.4, -0.2) is 29.2 Å². The number of aromatic nitrogens is 2. The van der Waals surface area contributed by atoms with Crippen molar-refractivity contribution in [3.63, 3.8) is 0 Å². The smallest absolute Gasteiger partial charge is 0.227 e. The second kappa shape index (κ2) is 8.57. The van der Waals surface area contributed by atoms with E-state index in [1.165, 1.54) is 6.07 Å². The molecule has 1 saturated heterocycles. The number of carbonyl (C=O) groups excluding carboxylic acids is 1. The van der Waals surface area contributed by atoms with Crippen LogP contribution in [0.4, 0.5) is 20.3 Å². The molecule has 0 aliphatic carbocycles. The van der Waals surface area contributed by atoms with E-state index >= 15 is 0 Å². The van der Waals surface area contributed by atoms with E-state index in [-0.39, 0.29) is 17.5 Å². The van der Waals surface area contributed by atoms with Crippen molar-refractivity contribution in [1.29, 1.82) is 0 Å². The van der Waals surface area contributed by atoms with Crippen LogP contribution in [-0.2, 0) is 4.79 Å². The Morgan fingerprint density at radius 3 is 2.47 bits per heavy atom. The van der Waals surface area contributed by atoms with Crippen LogP contribution in [0.3, 0.4) is 0 Å². The highest BCUT2D eigenvalue weighted by Crippen LogP contribution is 2.26. The predicted molar refractivity (Wildman–Crippen MR) is 112 cm³/mol. The standard InChI is InChI=1S/C23H22F2N4O/c1-15-4-2-3-5-18(15)20-8-9-22(28-27-20)29-12-10-16(11-13-29)23(30)26-21-7-6-17(24)14-19(21)25/h2-9,14,16H,10-13H2,1H3,(H,26,30). The Labute approximate surface area is 173 Å². The van der Waals surface area contributed by atoms with Gasteiger partial charge >= 0.3 is 0 Å². The summed E-state index contributed by atoms with van der Waals surface area (Å²) < 4.78 is 26.8. The highest BCUT2D eigenvalue weighted by molar-refractivity contribution is 5.92. The third-order valence-electron chi connectivity index (χ3n) is 5.45. The molecule has 0 bridgehead atoms. The first kappa shape index (κ1) is 19.9. The normalized spacial score (nSPS) is 14.6. The number of piperidine rings is 1. The molecule has 3 aromatic rings. The molecule has 7 heteroatoms. The lowest BCUT2D eigenvalue weighted by Crippen LogP contribution is -2.38. The van der Waals surface area contributed by atoms with Crippen molar-refractivity contribution in [3.05, 3.63) is 71.8 Å². The summed E-state index contributed by atoms with van der Waals surface area (Å²) >= 11 is 0. The summed E-state index contributed by atoms with van der Waals surface area (Å²) in [7, 11) is 0. The maximum Gasteiger partial charge on any atom is 0.227 e. The summed E-state index contributed by atoms with van der Waals surface area (Å²) in [5.74, 6) is -1.15. The van der Waals surface area contributed by atoms with Gasteiger partial charge in [0.1, 0.15) is 11.6 Å². The van der Waals surface area contributed by atoms with E-state index in [2.05, 4.69) is 20.4 Å². The van der Waals surface area contributed by atoms with Crippen molar-refractivity contribution >= 4 is 17.4 Å². The van der Waals surface area contributed by atoms with Crippen molar-refractivity contribution < 1.29 is 13.6 Å². The van der Waals surface area contributed by atoms with Crippen LogP contribution < -0.4 is 10.2 Å². The van der Waals surface area contributed by atoms with Crippen LogP contribution in [0.1, 0.15) is 18.4 Å². The molecule has 5 nitrogen and oxygen atoms in total. The Morgan fingerprint density at radius 2 is 1.80 bits per heavy atom. The van der Waals surface area contributed by atoms with E-state index in [1.807, 2.05) is 43.3 Å². The van der Waals surface area contributed by atoms with Crippen molar-refractivity contribution in [1.82, 2.24) is 10.2 Å². The van der Waals surface area contributed by atoms with Crippen LogP contribution in [0.2, 0.25) is 0 Å². The molecule has 1 aliphatic heterocycles. The monoisotopic (exact) mass is 408 g/mol. The fourth-order valence-corrected chi connectivity index (χ4v) is 3.69. The van der Waals surface area contributed by atoms with Crippen molar-refractivity contribution in [2.75, 3.05) is 23.3 Å². The number of halogens is 2. The second-order valence-electron chi connectivity index (χ2n) is 7.47. The van der Waals surface area contributed by atoms with E-state index in [9.17, 15) is 13.6 Å². The molecule has 0 saturated carbocycles. The number of carbonyl (C=O) groups is 1. The van der Waals surface area contributed by atoms with Gasteiger partial charge in [-0.25, -0.2) is 8.78 Å². The number of nitrogens with one attached hydrogen (secondary N) is 1. The number of anilines is 2. The third-order valence-corrected chi connectivity index (χ3v) is 5.45. The number of rotatable bonds is 4. The first-order chi connectivity index (χ1) is 14.5. The maximum atomic E-state index is 13.8. The number of aryl methyl sites for hydroxylation is 1. The molecule has 1 amide bonds. The van der Waals surface area contributed by atoms with Crippen LogP contribution in [0.5, 0.6) is 0 Å². The Hall–Kier alpha value is -3.35. The van der Waals surface area contributed by atoms with Gasteiger partial charge in [-0.2, -0.15) is 0 Å². The van der Waals surface area contributed by atoms with Gasteiger partial charge in [0.05, 0.1) is 11.4 Å². The number of hydrogen-bond acceptors (Lipinski definition) is 4. The van der Waals surface area contributed by atoms with Crippen molar-refractivity contribution in [2.45, 2.75) is 19.8 Å². The van der Waals surface area contributed by atoms with Gasteiger partial charge < -0.3 is 10.2 Å². The fraction of sp³-hybridized carbons (Fsp3) is 0.261. The molecule has 154 valence electrons. The van der Waals surface area contributed by atoms with E-state index in [0.717, 1.165) is 34.8 Å². The van der Waals surface area contributed by atoms with Gasteiger partial charge in [-0.15, -0.1) is 10.2 Å². The number of hydrogen-bond donors (Lipinski definition) is 1. The Morgan fingerprint density at radius 1 is 1.03 bits per heavy atom. The zero-order chi connectivity index (χ0) is 21.1. The predicted octanol–water partition coefficient (Wildman–Crippen LogP) is 4.59. The molecule has 0 spiro atoms. The molecule has 0 atom stereocenters. The van der Waals surface area contributed by atoms with Crippen molar-refractivity contribution in [2.24, 2.45) is 5.92 Å². The fourth-order valence-electron chi connectivity index (χ4n) is 3.69. The zero-order valence-corrected chi connectivity index (χ0v) is 16.6. The average Bonchev–Trinajstić information content (AvgIpc) is 2.76. The highest BCUT2D eigenvalue weighted by atomic mass is 19.1. The van der Waals surface area contributed by atoms with Gasteiger partial charge in [-0.05, 0) is 49.6 Å². The summed E-state index contributed by atoms with van der Waals surface area (Å²) in [4.78, 5) is 14.6. The molecule has 1 N–H and O–H groups in total. The SMILES string of the molecule is Cc1ccccc1-c1ccc(N2CCC(C(=O)Nc3ccc(F)cc3F)CC2)nn1. The minimum atomic E-state index is -0.773. The lowest BCUT2D eigenvalue weighted by atomic mass is 9.95. The molecule has 0 unspecified atom stereocenters. The first-order valence-electron chi connectivity index (χ1n) is 9.92. The minimum Gasteiger partial charge on any atom is -0.355 e. The number of nitrogens with zero attached hydrogens (tertiary/aromatic N) is 3. The Bertz CT molecular complexity index is 1050. The van der Waals surface area contributed by atoms with Crippen LogP contribution in [0.25, 0.3) is 11.3 Å². The summed E-state index contributed by atoms with van der Waals surface area (Å²) in [5, 5.41) is 11.3. The van der Waals surface area contributed by atoms with E-state index in [1.54, 1.807) is 0 Å². The molecular weight excluding hydrogens is 386 g/mol. The summed E-state index contributed by atoms with van der Waals surface area (Å²) in [5.41, 5.74) is 3.03. The summed E-state index contributed by atoms with van der Waals surface area (Å²) in [6.07, 6.45) is 1.24. The average molecular weight is 408 g/mol. The topological polar surface area (TPSA) is 58.1 Å². The molecule has 2 heterocycles. The third kappa shape index (κ3) is 4.30. The van der Waals surface area contributed by atoms with Gasteiger partial charge in [-0.3, -0.25) is 4.79 Å². The van der Waals surface area contributed by atoms with Crippen LogP contribution >= 0.6 is 0 Å². The molecule has 0 radical (unpaired) electrons. The maximum absolute atomic E-state index is 13.8. The molecule has 2 aromatic carbocycles. The molecular formula is C23H22F2N4O. The molecule has 1 fully saturated rings. The van der Waals surface area contributed by atoms with E-state index < -0.39 is 11.6 Å². The molecule has 1 aromatic heterocycles. The summed E-state index contributed by atoms with van der Waals surface area (Å²) in [6, 6.07) is 15.1. The zero-order valence-electron chi connectivity index (χ0n) is 16.6. The van der Waals surface area contributed by atoms with E-state index in [4.69, 9.17) is 0 Å².